The van der Waals surface area contributed by atoms with Gasteiger partial charge in [-0.05, 0) is 56.3 Å². The molecule has 29 heavy (non-hydrogen) atoms. The zero-order chi connectivity index (χ0) is 20.5. The molecule has 4 rings (SSSR count). The molecule has 0 fully saturated rings. The van der Waals surface area contributed by atoms with Crippen LogP contribution in [0.4, 0.5) is 11.5 Å². The van der Waals surface area contributed by atoms with Crippen molar-refractivity contribution >= 4 is 29.2 Å². The highest BCUT2D eigenvalue weighted by Crippen LogP contribution is 2.30. The van der Waals surface area contributed by atoms with E-state index in [1.807, 2.05) is 13.8 Å². The summed E-state index contributed by atoms with van der Waals surface area (Å²) in [6.07, 6.45) is 0. The average Bonchev–Trinajstić information content (AvgIpc) is 3.23. The Morgan fingerprint density at radius 3 is 2.45 bits per heavy atom. The van der Waals surface area contributed by atoms with Gasteiger partial charge < -0.3 is 10.1 Å². The maximum Gasteiger partial charge on any atom is 0.266 e. The number of anilines is 2. The fraction of sp³-hybridized carbons (Fsp3) is 0.143. The SMILES string of the molecule is CCOc1ccc(N2C(=O)c3ccc(C(=O)Nc4cc(C)[nH]n4)cc3C2=O)cc1. The molecule has 8 heteroatoms. The fourth-order valence-corrected chi connectivity index (χ4v) is 3.15. The van der Waals surface area contributed by atoms with E-state index in [2.05, 4.69) is 15.5 Å². The number of benzene rings is 2. The average molecular weight is 390 g/mol. The number of nitrogens with zero attached hydrogens (tertiary/aromatic N) is 2. The Hall–Kier alpha value is -3.94. The third-order valence-corrected chi connectivity index (χ3v) is 4.50. The van der Waals surface area contributed by atoms with Crippen LogP contribution >= 0.6 is 0 Å². The summed E-state index contributed by atoms with van der Waals surface area (Å²) in [4.78, 5) is 39.2. The van der Waals surface area contributed by atoms with Crippen molar-refractivity contribution in [3.05, 3.63) is 70.9 Å². The second-order valence-electron chi connectivity index (χ2n) is 6.52. The Kier molecular flexibility index (Phi) is 4.59. The lowest BCUT2D eigenvalue weighted by molar-refractivity contribution is 0.0925. The van der Waals surface area contributed by atoms with Crippen LogP contribution in [-0.2, 0) is 0 Å². The van der Waals surface area contributed by atoms with Gasteiger partial charge in [-0.2, -0.15) is 5.10 Å². The number of carbonyl (C=O) groups is 3. The first-order valence-electron chi connectivity index (χ1n) is 9.07. The number of aromatic nitrogens is 2. The van der Waals surface area contributed by atoms with E-state index in [0.717, 1.165) is 10.6 Å². The molecule has 8 nitrogen and oxygen atoms in total. The number of amides is 3. The first-order valence-corrected chi connectivity index (χ1v) is 9.07. The molecule has 2 aromatic carbocycles. The molecule has 1 aliphatic rings. The minimum absolute atomic E-state index is 0.190. The van der Waals surface area contributed by atoms with E-state index in [4.69, 9.17) is 4.74 Å². The number of hydrogen-bond donors (Lipinski definition) is 2. The highest BCUT2D eigenvalue weighted by molar-refractivity contribution is 6.34. The van der Waals surface area contributed by atoms with E-state index >= 15 is 0 Å². The van der Waals surface area contributed by atoms with Crippen LogP contribution in [0, 0.1) is 6.92 Å². The van der Waals surface area contributed by atoms with Crippen molar-refractivity contribution in [2.75, 3.05) is 16.8 Å². The van der Waals surface area contributed by atoms with E-state index in [1.54, 1.807) is 30.3 Å². The number of imide groups is 1. The Morgan fingerprint density at radius 1 is 1.07 bits per heavy atom. The monoisotopic (exact) mass is 390 g/mol. The Labute approximate surface area is 166 Å². The van der Waals surface area contributed by atoms with Gasteiger partial charge in [0, 0.05) is 17.3 Å². The Balaban J connectivity index is 1.59. The first kappa shape index (κ1) is 18.4. The van der Waals surface area contributed by atoms with Crippen LogP contribution in [0.2, 0.25) is 0 Å². The molecule has 0 unspecified atom stereocenters. The summed E-state index contributed by atoms with van der Waals surface area (Å²) in [7, 11) is 0. The summed E-state index contributed by atoms with van der Waals surface area (Å²) in [5.74, 6) is -0.283. The van der Waals surface area contributed by atoms with Crippen molar-refractivity contribution in [1.82, 2.24) is 10.2 Å². The molecule has 0 saturated carbocycles. The van der Waals surface area contributed by atoms with Crippen LogP contribution in [0.1, 0.15) is 43.7 Å². The van der Waals surface area contributed by atoms with Crippen molar-refractivity contribution in [2.45, 2.75) is 13.8 Å². The van der Waals surface area contributed by atoms with Gasteiger partial charge in [-0.3, -0.25) is 19.5 Å². The van der Waals surface area contributed by atoms with E-state index in [9.17, 15) is 14.4 Å². The van der Waals surface area contributed by atoms with Gasteiger partial charge in [0.25, 0.3) is 17.7 Å². The van der Waals surface area contributed by atoms with Gasteiger partial charge in [-0.1, -0.05) is 0 Å². The second-order valence-corrected chi connectivity index (χ2v) is 6.52. The summed E-state index contributed by atoms with van der Waals surface area (Å²) in [5, 5.41) is 9.35. The number of ether oxygens (including phenoxy) is 1. The molecule has 1 aromatic heterocycles. The molecule has 3 amide bonds. The quantitative estimate of drug-likeness (QED) is 0.651. The summed E-state index contributed by atoms with van der Waals surface area (Å²) < 4.78 is 5.39. The number of rotatable bonds is 5. The van der Waals surface area contributed by atoms with E-state index in [0.29, 0.717) is 23.9 Å². The number of H-pyrrole nitrogens is 1. The highest BCUT2D eigenvalue weighted by Gasteiger charge is 2.37. The minimum atomic E-state index is -0.473. The standard InChI is InChI=1S/C21H18N4O4/c1-3-29-15-7-5-14(6-8-15)25-20(27)16-9-4-13(11-17(16)21(25)28)19(26)22-18-10-12(2)23-24-18/h4-11H,3H2,1-2H3,(H2,22,23,24,26). The second kappa shape index (κ2) is 7.23. The molecule has 146 valence electrons. The van der Waals surface area contributed by atoms with Crippen LogP contribution in [0.3, 0.4) is 0 Å². The van der Waals surface area contributed by atoms with Gasteiger partial charge in [0.05, 0.1) is 23.4 Å². The van der Waals surface area contributed by atoms with Crippen LogP contribution in [0.5, 0.6) is 5.75 Å². The number of carbonyl (C=O) groups excluding carboxylic acids is 3. The number of hydrogen-bond acceptors (Lipinski definition) is 5. The maximum atomic E-state index is 12.9. The molecule has 0 atom stereocenters. The number of aryl methyl sites for hydroxylation is 1. The van der Waals surface area contributed by atoms with Crippen molar-refractivity contribution in [3.8, 4) is 5.75 Å². The van der Waals surface area contributed by atoms with E-state index in [1.165, 1.54) is 18.2 Å². The van der Waals surface area contributed by atoms with Crippen LogP contribution in [-0.4, -0.2) is 34.5 Å². The molecule has 0 aliphatic carbocycles. The molecule has 3 aromatic rings. The number of aromatic amines is 1. The predicted octanol–water partition coefficient (Wildman–Crippen LogP) is 3.17. The van der Waals surface area contributed by atoms with Gasteiger partial charge in [0.15, 0.2) is 5.82 Å². The van der Waals surface area contributed by atoms with Crippen molar-refractivity contribution in [1.29, 1.82) is 0 Å². The van der Waals surface area contributed by atoms with E-state index < -0.39 is 17.7 Å². The molecule has 0 bridgehead atoms. The zero-order valence-electron chi connectivity index (χ0n) is 15.9. The van der Waals surface area contributed by atoms with Crippen molar-refractivity contribution < 1.29 is 19.1 Å². The topological polar surface area (TPSA) is 104 Å². The summed E-state index contributed by atoms with van der Waals surface area (Å²) in [6.45, 7) is 4.21. The number of fused-ring (bicyclic) bond motifs is 1. The highest BCUT2D eigenvalue weighted by atomic mass is 16.5. The van der Waals surface area contributed by atoms with Gasteiger partial charge >= 0.3 is 0 Å². The van der Waals surface area contributed by atoms with Crippen LogP contribution in [0.15, 0.2) is 48.5 Å². The molecule has 2 heterocycles. The molecule has 0 spiro atoms. The molecule has 0 radical (unpaired) electrons. The largest absolute Gasteiger partial charge is 0.494 e. The summed E-state index contributed by atoms with van der Waals surface area (Å²) in [5.41, 5.74) is 1.96. The molecule has 2 N–H and O–H groups in total. The van der Waals surface area contributed by atoms with Crippen molar-refractivity contribution in [3.63, 3.8) is 0 Å². The van der Waals surface area contributed by atoms with Gasteiger partial charge in [0.1, 0.15) is 5.75 Å². The molecular formula is C21H18N4O4. The lowest BCUT2D eigenvalue weighted by Crippen LogP contribution is -2.29. The Morgan fingerprint density at radius 2 is 1.79 bits per heavy atom. The lowest BCUT2D eigenvalue weighted by atomic mass is 10.1. The molecule has 0 saturated heterocycles. The van der Waals surface area contributed by atoms with E-state index in [-0.39, 0.29) is 16.7 Å². The van der Waals surface area contributed by atoms with Crippen LogP contribution in [0.25, 0.3) is 0 Å². The van der Waals surface area contributed by atoms with Gasteiger partial charge in [-0.15, -0.1) is 0 Å². The third-order valence-electron chi connectivity index (χ3n) is 4.50. The van der Waals surface area contributed by atoms with Gasteiger partial charge in [-0.25, -0.2) is 4.90 Å². The van der Waals surface area contributed by atoms with Crippen molar-refractivity contribution in [2.24, 2.45) is 0 Å². The smallest absolute Gasteiger partial charge is 0.266 e. The Bertz CT molecular complexity index is 1120. The van der Waals surface area contributed by atoms with Crippen LogP contribution < -0.4 is 15.0 Å². The predicted molar refractivity (Wildman–Crippen MR) is 106 cm³/mol. The summed E-state index contributed by atoms with van der Waals surface area (Å²) in [6, 6.07) is 12.8. The summed E-state index contributed by atoms with van der Waals surface area (Å²) >= 11 is 0. The zero-order valence-corrected chi connectivity index (χ0v) is 15.9. The fourth-order valence-electron chi connectivity index (χ4n) is 3.15. The van der Waals surface area contributed by atoms with Gasteiger partial charge in [0.2, 0.25) is 0 Å². The first-order chi connectivity index (χ1) is 14.0. The third kappa shape index (κ3) is 3.36. The number of nitrogens with one attached hydrogen (secondary N) is 2. The maximum absolute atomic E-state index is 12.9. The molecular weight excluding hydrogens is 372 g/mol. The lowest BCUT2D eigenvalue weighted by Gasteiger charge is -2.14. The normalized spacial score (nSPS) is 12.8. The molecule has 1 aliphatic heterocycles. The minimum Gasteiger partial charge on any atom is -0.494 e.